The normalized spacial score (nSPS) is 10.9. The molecule has 1 spiro atoms. The van der Waals surface area contributed by atoms with Crippen LogP contribution in [0.2, 0.25) is 0 Å². The summed E-state index contributed by atoms with van der Waals surface area (Å²) in [5.74, 6) is 0. The quantitative estimate of drug-likeness (QED) is 0.189. The van der Waals surface area contributed by atoms with E-state index in [0.717, 1.165) is 6.42 Å². The van der Waals surface area contributed by atoms with Crippen LogP contribution >= 0.6 is 0 Å². The van der Waals surface area contributed by atoms with Crippen molar-refractivity contribution in [3.8, 4) is 11.1 Å². The van der Waals surface area contributed by atoms with Gasteiger partial charge in [0.1, 0.15) is 0 Å². The van der Waals surface area contributed by atoms with E-state index in [-0.39, 0.29) is 35.1 Å². The van der Waals surface area contributed by atoms with Crippen molar-refractivity contribution in [3.63, 3.8) is 0 Å². The summed E-state index contributed by atoms with van der Waals surface area (Å²) in [4.78, 5) is 0. The lowest BCUT2D eigenvalue weighted by atomic mass is 9.61. The fourth-order valence-electron chi connectivity index (χ4n) is 5.25. The molecule has 0 aliphatic heterocycles. The maximum atomic E-state index is 2.34. The zero-order chi connectivity index (χ0) is 25.1. The predicted molar refractivity (Wildman–Crippen MR) is 179 cm³/mol. The van der Waals surface area contributed by atoms with E-state index in [4.69, 9.17) is 0 Å². The molecule has 0 fully saturated rings. The van der Waals surface area contributed by atoms with E-state index >= 15 is 0 Å². The van der Waals surface area contributed by atoms with Crippen LogP contribution in [0.5, 0.6) is 0 Å². The van der Waals surface area contributed by atoms with E-state index in [2.05, 4.69) is 97.1 Å². The summed E-state index contributed by atoms with van der Waals surface area (Å²) in [6, 6.07) is 35.9. The van der Waals surface area contributed by atoms with E-state index in [1.54, 1.807) is 0 Å². The fraction of sp³-hybridized carbons (Fsp3) is 0.368. The number of fused-ring (bicyclic) bond motifs is 9. The van der Waals surface area contributed by atoms with Gasteiger partial charge in [-0.25, -0.2) is 0 Å². The van der Waals surface area contributed by atoms with E-state index < -0.39 is 0 Å². The van der Waals surface area contributed by atoms with E-state index in [0.29, 0.717) is 0 Å². The maximum absolute atomic E-state index is 2.34. The SMILES string of the molecule is C.C.C.C.CC.CC.CC.CC.c1ccc2c(c1)Cc1ccccc1C21c2ccccc2-c2ccccc21. The van der Waals surface area contributed by atoms with Crippen LogP contribution in [0.1, 0.15) is 118 Å². The van der Waals surface area contributed by atoms with Crippen LogP contribution in [0.25, 0.3) is 11.1 Å². The van der Waals surface area contributed by atoms with E-state index in [1.807, 2.05) is 55.4 Å². The molecule has 0 atom stereocenters. The molecule has 0 N–H and O–H groups in total. The van der Waals surface area contributed by atoms with Crippen molar-refractivity contribution in [2.24, 2.45) is 0 Å². The summed E-state index contributed by atoms with van der Waals surface area (Å²) in [5.41, 5.74) is 11.1. The van der Waals surface area contributed by atoms with Gasteiger partial charge < -0.3 is 0 Å². The van der Waals surface area contributed by atoms with Gasteiger partial charge in [0.05, 0.1) is 5.41 Å². The molecule has 0 saturated heterocycles. The van der Waals surface area contributed by atoms with Gasteiger partial charge in [0.25, 0.3) is 0 Å². The molecule has 0 heteroatoms. The highest BCUT2D eigenvalue weighted by Crippen LogP contribution is 2.58. The summed E-state index contributed by atoms with van der Waals surface area (Å²) in [6.07, 6.45) is 1.01. The highest BCUT2D eigenvalue weighted by molar-refractivity contribution is 5.87. The highest BCUT2D eigenvalue weighted by atomic mass is 14.5. The van der Waals surface area contributed by atoms with Gasteiger partial charge in [-0.05, 0) is 50.9 Å². The monoisotopic (exact) mass is 514 g/mol. The Hall–Kier alpha value is -3.12. The van der Waals surface area contributed by atoms with Crippen molar-refractivity contribution in [1.29, 1.82) is 0 Å². The van der Waals surface area contributed by atoms with E-state index in [9.17, 15) is 0 Å². The second-order valence-electron chi connectivity index (χ2n) is 7.33. The molecule has 4 aromatic rings. The van der Waals surface area contributed by atoms with Crippen LogP contribution in [0.4, 0.5) is 0 Å². The first-order valence-electron chi connectivity index (χ1n) is 13.3. The lowest BCUT2D eigenvalue weighted by Gasteiger charge is -2.40. The number of hydrogen-bond donors (Lipinski definition) is 0. The Labute approximate surface area is 238 Å². The Morgan fingerprint density at radius 2 is 0.632 bits per heavy atom. The first-order valence-corrected chi connectivity index (χ1v) is 13.3. The van der Waals surface area contributed by atoms with Crippen molar-refractivity contribution in [2.45, 2.75) is 96.9 Å². The largest absolute Gasteiger partial charge is 0.0776 e. The zero-order valence-corrected chi connectivity index (χ0v) is 22.4. The molecule has 0 radical (unpaired) electrons. The minimum absolute atomic E-state index is 0. The molecule has 2 aliphatic rings. The van der Waals surface area contributed by atoms with Crippen LogP contribution in [0.3, 0.4) is 0 Å². The second kappa shape index (κ2) is 19.0. The summed E-state index contributed by atoms with van der Waals surface area (Å²) in [5, 5.41) is 0. The van der Waals surface area contributed by atoms with Gasteiger partial charge in [0.15, 0.2) is 0 Å². The standard InChI is InChI=1S/C26H18.4C2H6.4CH4/c1-5-13-22-18(9-1)17-19-10-2-6-14-23(19)26(22)24-15-7-3-11-20(24)21-12-4-8-16-25(21)26;4*1-2;;;;/h1-16H,17H2;4*1-2H3;4*1H4. The molecule has 210 valence electrons. The Kier molecular flexibility index (Phi) is 19.7. The molecule has 4 aromatic carbocycles. The summed E-state index contributed by atoms with van der Waals surface area (Å²) >= 11 is 0. The average Bonchev–Trinajstić information content (AvgIpc) is 3.25. The Morgan fingerprint density at radius 1 is 0.368 bits per heavy atom. The van der Waals surface area contributed by atoms with Crippen LogP contribution in [-0.4, -0.2) is 0 Å². The van der Waals surface area contributed by atoms with Gasteiger partial charge in [-0.3, -0.25) is 0 Å². The average molecular weight is 515 g/mol. The molecule has 6 rings (SSSR count). The Morgan fingerprint density at radius 3 is 0.974 bits per heavy atom. The number of hydrogen-bond acceptors (Lipinski definition) is 0. The van der Waals surface area contributed by atoms with Crippen LogP contribution < -0.4 is 0 Å². The molecule has 0 nitrogen and oxygen atoms in total. The third-order valence-electron chi connectivity index (χ3n) is 6.18. The van der Waals surface area contributed by atoms with Crippen LogP contribution in [0, 0.1) is 0 Å². The third kappa shape index (κ3) is 6.29. The van der Waals surface area contributed by atoms with Crippen LogP contribution in [-0.2, 0) is 11.8 Å². The molecular formula is C38H58. The molecule has 0 unspecified atom stereocenters. The number of rotatable bonds is 0. The van der Waals surface area contributed by atoms with Crippen molar-refractivity contribution < 1.29 is 0 Å². The lowest BCUT2D eigenvalue weighted by molar-refractivity contribution is 0.722. The van der Waals surface area contributed by atoms with Crippen molar-refractivity contribution in [2.75, 3.05) is 0 Å². The van der Waals surface area contributed by atoms with Gasteiger partial charge in [-0.2, -0.15) is 0 Å². The molecule has 38 heavy (non-hydrogen) atoms. The fourth-order valence-corrected chi connectivity index (χ4v) is 5.25. The van der Waals surface area contributed by atoms with Gasteiger partial charge in [-0.15, -0.1) is 0 Å². The van der Waals surface area contributed by atoms with Gasteiger partial charge >= 0.3 is 0 Å². The Balaban J connectivity index is -0.000000943. The summed E-state index contributed by atoms with van der Waals surface area (Å²) in [6.45, 7) is 16.0. The Bertz CT molecular complexity index is 1070. The van der Waals surface area contributed by atoms with Gasteiger partial charge in [0, 0.05) is 0 Å². The molecule has 0 amide bonds. The number of benzene rings is 4. The molecule has 0 bridgehead atoms. The molecule has 0 aromatic heterocycles. The smallest absolute Gasteiger partial charge is 0.0719 e. The zero-order valence-electron chi connectivity index (χ0n) is 22.4. The molecule has 0 heterocycles. The molecule has 2 aliphatic carbocycles. The first kappa shape index (κ1) is 39.4. The summed E-state index contributed by atoms with van der Waals surface area (Å²) < 4.78 is 0. The minimum atomic E-state index is -0.196. The third-order valence-corrected chi connectivity index (χ3v) is 6.18. The summed E-state index contributed by atoms with van der Waals surface area (Å²) in [7, 11) is 0. The van der Waals surface area contributed by atoms with Crippen molar-refractivity contribution in [1.82, 2.24) is 0 Å². The lowest BCUT2D eigenvalue weighted by Crippen LogP contribution is -2.34. The van der Waals surface area contributed by atoms with E-state index in [1.165, 1.54) is 44.5 Å². The second-order valence-corrected chi connectivity index (χ2v) is 7.33. The van der Waals surface area contributed by atoms with Crippen molar-refractivity contribution in [3.05, 3.63) is 130 Å². The highest BCUT2D eigenvalue weighted by Gasteiger charge is 2.49. The first-order chi connectivity index (χ1) is 16.9. The molecular weight excluding hydrogens is 456 g/mol. The maximum Gasteiger partial charge on any atom is 0.0719 e. The van der Waals surface area contributed by atoms with Crippen molar-refractivity contribution >= 4 is 0 Å². The topological polar surface area (TPSA) is 0 Å². The molecule has 0 saturated carbocycles. The van der Waals surface area contributed by atoms with Crippen LogP contribution in [0.15, 0.2) is 97.1 Å². The predicted octanol–water partition coefficient (Wildman–Crippen LogP) is 12.6. The van der Waals surface area contributed by atoms with Gasteiger partial charge in [-0.1, -0.05) is 182 Å². The minimum Gasteiger partial charge on any atom is -0.0776 e. The van der Waals surface area contributed by atoms with Gasteiger partial charge in [0.2, 0.25) is 0 Å².